The number of carbonyl (C=O) groups is 2. The van der Waals surface area contributed by atoms with Crippen LogP contribution in [0.4, 0.5) is 26.7 Å². The Morgan fingerprint density at radius 2 is 1.70 bits per heavy atom. The third-order valence-corrected chi connectivity index (χ3v) is 7.66. The van der Waals surface area contributed by atoms with E-state index in [4.69, 9.17) is 24.3 Å². The minimum absolute atomic E-state index is 0.0818. The van der Waals surface area contributed by atoms with Gasteiger partial charge in [0.05, 0.1) is 42.2 Å². The van der Waals surface area contributed by atoms with Gasteiger partial charge in [-0.05, 0) is 67.9 Å². The van der Waals surface area contributed by atoms with Crippen LogP contribution >= 0.6 is 0 Å². The van der Waals surface area contributed by atoms with Gasteiger partial charge in [-0.3, -0.25) is 4.90 Å². The molecular weight excluding hydrogens is 564 g/mol. The molecular formula is C32H36N6O6. The number of hydrogen-bond donors (Lipinski definition) is 3. The first-order valence-electron chi connectivity index (χ1n) is 14.9. The van der Waals surface area contributed by atoms with Crippen LogP contribution in [0, 0.1) is 0 Å². The third-order valence-electron chi connectivity index (χ3n) is 7.66. The number of carbonyl (C=O) groups excluding carboxylic acids is 2. The number of rotatable bonds is 8. The van der Waals surface area contributed by atoms with Crippen LogP contribution < -0.4 is 25.2 Å². The summed E-state index contributed by atoms with van der Waals surface area (Å²) in [5, 5.41) is 15.9. The molecule has 4 aromatic rings. The van der Waals surface area contributed by atoms with Crippen molar-refractivity contribution in [1.82, 2.24) is 14.9 Å². The van der Waals surface area contributed by atoms with E-state index in [2.05, 4.69) is 15.5 Å². The summed E-state index contributed by atoms with van der Waals surface area (Å²) >= 11 is 0. The number of amides is 1. The second-order valence-corrected chi connectivity index (χ2v) is 10.4. The standard InChI is InChI=1S/C32H36N6O6/c1-3-42-31(40)37-27-11-7-22(19-25(27)34-29(37)21-5-9-24(10-6-21)44-18-17-39)30-35-26-20-23(36-15-13-33-14-16-36)8-12-28(26)38(30)32(41)43-4-2/h5-12,19-20,29,33-34,39H,3-4,13-18H2,1-2H3. The molecule has 12 nitrogen and oxygen atoms in total. The van der Waals surface area contributed by atoms with Crippen LogP contribution in [0.5, 0.6) is 5.75 Å². The molecule has 1 aromatic heterocycles. The van der Waals surface area contributed by atoms with Gasteiger partial charge in [0.2, 0.25) is 0 Å². The molecule has 2 aliphatic rings. The monoisotopic (exact) mass is 600 g/mol. The average molecular weight is 601 g/mol. The van der Waals surface area contributed by atoms with E-state index >= 15 is 0 Å². The first-order valence-corrected chi connectivity index (χ1v) is 14.9. The summed E-state index contributed by atoms with van der Waals surface area (Å²) in [6.07, 6.45) is -1.55. The second-order valence-electron chi connectivity index (χ2n) is 10.4. The molecule has 0 aliphatic carbocycles. The van der Waals surface area contributed by atoms with Gasteiger partial charge < -0.3 is 34.9 Å². The Morgan fingerprint density at radius 1 is 0.955 bits per heavy atom. The molecule has 3 heterocycles. The highest BCUT2D eigenvalue weighted by atomic mass is 16.6. The molecule has 3 aromatic carbocycles. The maximum Gasteiger partial charge on any atom is 0.420 e. The topological polar surface area (TPSA) is 130 Å². The number of nitrogens with one attached hydrogen (secondary N) is 2. The van der Waals surface area contributed by atoms with Crippen molar-refractivity contribution in [3.63, 3.8) is 0 Å². The van der Waals surface area contributed by atoms with Gasteiger partial charge in [-0.15, -0.1) is 0 Å². The molecule has 0 saturated carbocycles. The van der Waals surface area contributed by atoms with Gasteiger partial charge >= 0.3 is 12.2 Å². The second kappa shape index (κ2) is 12.8. The van der Waals surface area contributed by atoms with Crippen LogP contribution in [0.2, 0.25) is 0 Å². The van der Waals surface area contributed by atoms with Crippen molar-refractivity contribution in [1.29, 1.82) is 0 Å². The van der Waals surface area contributed by atoms with E-state index in [-0.39, 0.29) is 26.4 Å². The van der Waals surface area contributed by atoms with E-state index in [1.165, 1.54) is 4.57 Å². The number of piperazine rings is 1. The Balaban J connectivity index is 1.39. The fourth-order valence-corrected chi connectivity index (χ4v) is 5.65. The largest absolute Gasteiger partial charge is 0.491 e. The zero-order chi connectivity index (χ0) is 30.6. The summed E-state index contributed by atoms with van der Waals surface area (Å²) in [6.45, 7) is 7.70. The molecule has 1 unspecified atom stereocenters. The van der Waals surface area contributed by atoms with Crippen LogP contribution in [0.15, 0.2) is 60.7 Å². The maximum absolute atomic E-state index is 13.3. The van der Waals surface area contributed by atoms with Crippen LogP contribution in [-0.4, -0.2) is 79.5 Å². The number of nitrogens with zero attached hydrogens (tertiary/aromatic N) is 4. The van der Waals surface area contributed by atoms with Crippen molar-refractivity contribution in [3.05, 3.63) is 66.2 Å². The highest BCUT2D eigenvalue weighted by molar-refractivity contribution is 5.99. The molecule has 6 rings (SSSR count). The van der Waals surface area contributed by atoms with Gasteiger partial charge in [0.15, 0.2) is 5.82 Å². The normalized spacial score (nSPS) is 16.0. The SMILES string of the molecule is CCOC(=O)N1c2ccc(-c3nc4cc(N5CCNCC5)ccc4n3C(=O)OCC)cc2NC1c1ccc(OCCO)cc1. The summed E-state index contributed by atoms with van der Waals surface area (Å²) in [4.78, 5) is 35.2. The molecule has 3 N–H and O–H groups in total. The molecule has 1 atom stereocenters. The van der Waals surface area contributed by atoms with Gasteiger partial charge in [-0.25, -0.2) is 19.1 Å². The number of aliphatic hydroxyl groups excluding tert-OH is 1. The molecule has 0 spiro atoms. The number of aromatic nitrogens is 2. The number of aliphatic hydroxyl groups is 1. The number of ether oxygens (including phenoxy) is 3. The molecule has 0 bridgehead atoms. The van der Waals surface area contributed by atoms with Crippen LogP contribution in [0.1, 0.15) is 25.6 Å². The summed E-state index contributed by atoms with van der Waals surface area (Å²) < 4.78 is 17.9. The lowest BCUT2D eigenvalue weighted by Gasteiger charge is -2.29. The Kier molecular flexibility index (Phi) is 8.53. The Bertz CT molecular complexity index is 1650. The van der Waals surface area contributed by atoms with Crippen molar-refractivity contribution in [2.45, 2.75) is 20.0 Å². The summed E-state index contributed by atoms with van der Waals surface area (Å²) in [5.74, 6) is 1.05. The van der Waals surface area contributed by atoms with Crippen LogP contribution in [0.25, 0.3) is 22.4 Å². The lowest BCUT2D eigenvalue weighted by Crippen LogP contribution is -2.43. The number of benzene rings is 3. The minimum Gasteiger partial charge on any atom is -0.491 e. The molecule has 12 heteroatoms. The van der Waals surface area contributed by atoms with Crippen LogP contribution in [0.3, 0.4) is 0 Å². The Morgan fingerprint density at radius 3 is 2.43 bits per heavy atom. The fraction of sp³-hybridized carbons (Fsp3) is 0.344. The third kappa shape index (κ3) is 5.61. The Labute approximate surface area is 255 Å². The Hall–Kier alpha value is -4.81. The van der Waals surface area contributed by atoms with E-state index in [9.17, 15) is 9.59 Å². The van der Waals surface area contributed by atoms with Crippen molar-refractivity contribution in [3.8, 4) is 17.1 Å². The minimum atomic E-state index is -0.545. The summed E-state index contributed by atoms with van der Waals surface area (Å²) in [7, 11) is 0. The molecule has 44 heavy (non-hydrogen) atoms. The van der Waals surface area contributed by atoms with Gasteiger partial charge in [0.1, 0.15) is 18.5 Å². The first kappa shape index (κ1) is 29.3. The molecule has 1 amide bonds. The van der Waals surface area contributed by atoms with Gasteiger partial charge in [-0.1, -0.05) is 12.1 Å². The highest BCUT2D eigenvalue weighted by Crippen LogP contribution is 2.44. The van der Waals surface area contributed by atoms with Gasteiger partial charge in [0.25, 0.3) is 0 Å². The first-order chi connectivity index (χ1) is 21.5. The quantitative estimate of drug-likeness (QED) is 0.264. The molecule has 1 saturated heterocycles. The maximum atomic E-state index is 13.3. The molecule has 2 aliphatic heterocycles. The summed E-state index contributed by atoms with van der Waals surface area (Å²) in [6, 6.07) is 18.8. The van der Waals surface area contributed by atoms with Crippen molar-refractivity contribution in [2.24, 2.45) is 0 Å². The number of anilines is 3. The molecule has 0 radical (unpaired) electrons. The van der Waals surface area contributed by atoms with Crippen molar-refractivity contribution in [2.75, 3.05) is 67.7 Å². The summed E-state index contributed by atoms with van der Waals surface area (Å²) in [5.41, 5.74) is 5.21. The van der Waals surface area contributed by atoms with Gasteiger partial charge in [-0.2, -0.15) is 0 Å². The van der Waals surface area contributed by atoms with Gasteiger partial charge in [0, 0.05) is 37.4 Å². The molecule has 230 valence electrons. The predicted molar refractivity (Wildman–Crippen MR) is 168 cm³/mol. The predicted octanol–water partition coefficient (Wildman–Crippen LogP) is 4.58. The molecule has 1 fully saturated rings. The van der Waals surface area contributed by atoms with Crippen LogP contribution in [-0.2, 0) is 9.47 Å². The van der Waals surface area contributed by atoms with E-state index in [0.717, 1.165) is 37.4 Å². The van der Waals surface area contributed by atoms with E-state index in [0.29, 0.717) is 39.5 Å². The lowest BCUT2D eigenvalue weighted by molar-refractivity contribution is 0.155. The van der Waals surface area contributed by atoms with E-state index in [1.54, 1.807) is 30.9 Å². The van der Waals surface area contributed by atoms with Crippen molar-refractivity contribution < 1.29 is 28.9 Å². The number of imidazole rings is 1. The highest BCUT2D eigenvalue weighted by Gasteiger charge is 2.36. The van der Waals surface area contributed by atoms with E-state index < -0.39 is 18.4 Å². The fourth-order valence-electron chi connectivity index (χ4n) is 5.65. The smallest absolute Gasteiger partial charge is 0.420 e. The zero-order valence-electron chi connectivity index (χ0n) is 24.8. The average Bonchev–Trinajstić information content (AvgIpc) is 3.63. The zero-order valence-corrected chi connectivity index (χ0v) is 24.8. The van der Waals surface area contributed by atoms with Crippen molar-refractivity contribution >= 4 is 40.3 Å². The number of fused-ring (bicyclic) bond motifs is 2. The van der Waals surface area contributed by atoms with E-state index in [1.807, 2.05) is 48.5 Å². The number of hydrogen-bond acceptors (Lipinski definition) is 10. The lowest BCUT2D eigenvalue weighted by atomic mass is 10.1.